The number of carbonyl (C=O) groups is 2. The number of esters is 1. The fourth-order valence-corrected chi connectivity index (χ4v) is 3.21. The van der Waals surface area contributed by atoms with Gasteiger partial charge in [-0.25, -0.2) is 9.18 Å². The van der Waals surface area contributed by atoms with Gasteiger partial charge in [0.1, 0.15) is 5.82 Å². The molecule has 0 spiro atoms. The molecule has 0 amide bonds. The maximum atomic E-state index is 13.8. The number of benzene rings is 1. The lowest BCUT2D eigenvalue weighted by atomic mass is 9.83. The van der Waals surface area contributed by atoms with Gasteiger partial charge in [0.2, 0.25) is 5.60 Å². The van der Waals surface area contributed by atoms with Crippen LogP contribution in [0.3, 0.4) is 0 Å². The SMILES string of the molecule is CC(C)OC1CCC(OC(=O)C(Cl)c2ccccc2F)(C(=O)O)CC1. The van der Waals surface area contributed by atoms with Crippen LogP contribution in [-0.4, -0.2) is 34.9 Å². The molecule has 25 heavy (non-hydrogen) atoms. The molecule has 0 heterocycles. The number of alkyl halides is 1. The van der Waals surface area contributed by atoms with Gasteiger partial charge in [-0.2, -0.15) is 0 Å². The number of carboxylic acids is 1. The van der Waals surface area contributed by atoms with Crippen LogP contribution in [0.25, 0.3) is 0 Å². The molecule has 1 fully saturated rings. The molecule has 1 aliphatic carbocycles. The smallest absolute Gasteiger partial charge is 0.348 e. The molecule has 1 N–H and O–H groups in total. The monoisotopic (exact) mass is 372 g/mol. The summed E-state index contributed by atoms with van der Waals surface area (Å²) in [7, 11) is 0. The van der Waals surface area contributed by atoms with Crippen molar-refractivity contribution in [3.8, 4) is 0 Å². The molecule has 1 saturated carbocycles. The Bertz CT molecular complexity index is 626. The summed E-state index contributed by atoms with van der Waals surface area (Å²) in [4.78, 5) is 24.0. The highest BCUT2D eigenvalue weighted by molar-refractivity contribution is 6.30. The first-order chi connectivity index (χ1) is 11.7. The van der Waals surface area contributed by atoms with Gasteiger partial charge in [0.05, 0.1) is 12.2 Å². The highest BCUT2D eigenvalue weighted by Crippen LogP contribution is 2.36. The second-order valence-electron chi connectivity index (χ2n) is 6.49. The fourth-order valence-electron chi connectivity index (χ4n) is 2.99. The van der Waals surface area contributed by atoms with E-state index in [4.69, 9.17) is 21.1 Å². The summed E-state index contributed by atoms with van der Waals surface area (Å²) < 4.78 is 24.7. The number of rotatable bonds is 6. The van der Waals surface area contributed by atoms with E-state index in [0.717, 1.165) is 0 Å². The fraction of sp³-hybridized carbons (Fsp3) is 0.556. The van der Waals surface area contributed by atoms with Crippen molar-refractivity contribution in [3.05, 3.63) is 35.6 Å². The molecule has 2 rings (SSSR count). The Morgan fingerprint density at radius 3 is 2.40 bits per heavy atom. The van der Waals surface area contributed by atoms with E-state index >= 15 is 0 Å². The van der Waals surface area contributed by atoms with Gasteiger partial charge in [0.15, 0.2) is 5.38 Å². The standard InChI is InChI=1S/C18H22ClFO5/c1-11(2)24-12-7-9-18(10-8-12,17(22)23)25-16(21)15(19)13-5-3-4-6-14(13)20/h3-6,11-12,15H,7-10H2,1-2H3,(H,22,23). The molecule has 1 aliphatic rings. The van der Waals surface area contributed by atoms with Crippen LogP contribution in [0, 0.1) is 5.82 Å². The summed E-state index contributed by atoms with van der Waals surface area (Å²) in [5.74, 6) is -2.82. The summed E-state index contributed by atoms with van der Waals surface area (Å²) in [6.45, 7) is 3.82. The van der Waals surface area contributed by atoms with Gasteiger partial charge < -0.3 is 14.6 Å². The lowest BCUT2D eigenvalue weighted by Crippen LogP contribution is -2.48. The summed E-state index contributed by atoms with van der Waals surface area (Å²) >= 11 is 6.01. The highest BCUT2D eigenvalue weighted by atomic mass is 35.5. The van der Waals surface area contributed by atoms with Crippen LogP contribution in [0.2, 0.25) is 0 Å². The molecular formula is C18H22ClFO5. The number of hydrogen-bond acceptors (Lipinski definition) is 4. The predicted octanol–water partition coefficient (Wildman–Crippen LogP) is 3.84. The van der Waals surface area contributed by atoms with Crippen LogP contribution in [-0.2, 0) is 19.1 Å². The minimum atomic E-state index is -1.65. The lowest BCUT2D eigenvalue weighted by Gasteiger charge is -2.37. The summed E-state index contributed by atoms with van der Waals surface area (Å²) in [5.41, 5.74) is -1.68. The Balaban J connectivity index is 2.08. The summed E-state index contributed by atoms with van der Waals surface area (Å²) in [6.07, 6.45) is 1.16. The second-order valence-corrected chi connectivity index (χ2v) is 6.93. The van der Waals surface area contributed by atoms with Crippen molar-refractivity contribution >= 4 is 23.5 Å². The van der Waals surface area contributed by atoms with E-state index in [0.29, 0.717) is 12.8 Å². The highest BCUT2D eigenvalue weighted by Gasteiger charge is 2.47. The summed E-state index contributed by atoms with van der Waals surface area (Å²) in [5, 5.41) is 8.18. The van der Waals surface area contributed by atoms with Crippen LogP contribution < -0.4 is 0 Å². The van der Waals surface area contributed by atoms with Crippen molar-refractivity contribution in [1.82, 2.24) is 0 Å². The van der Waals surface area contributed by atoms with Crippen LogP contribution in [0.5, 0.6) is 0 Å². The van der Waals surface area contributed by atoms with Gasteiger partial charge >= 0.3 is 11.9 Å². The van der Waals surface area contributed by atoms with Gasteiger partial charge in [0, 0.05) is 18.4 Å². The first-order valence-corrected chi connectivity index (χ1v) is 8.69. The topological polar surface area (TPSA) is 72.8 Å². The maximum Gasteiger partial charge on any atom is 0.348 e. The quantitative estimate of drug-likeness (QED) is 0.606. The van der Waals surface area contributed by atoms with Gasteiger partial charge in [0.25, 0.3) is 0 Å². The zero-order valence-corrected chi connectivity index (χ0v) is 15.0. The largest absolute Gasteiger partial charge is 0.478 e. The Hall–Kier alpha value is -1.66. The lowest BCUT2D eigenvalue weighted by molar-refractivity contribution is -0.186. The van der Waals surface area contributed by atoms with Crippen molar-refractivity contribution in [2.24, 2.45) is 0 Å². The van der Waals surface area contributed by atoms with E-state index in [1.165, 1.54) is 18.2 Å². The number of carbonyl (C=O) groups excluding carboxylic acids is 1. The van der Waals surface area contributed by atoms with E-state index in [1.54, 1.807) is 6.07 Å². The average molecular weight is 373 g/mol. The molecule has 0 bridgehead atoms. The van der Waals surface area contributed by atoms with Crippen molar-refractivity contribution in [3.63, 3.8) is 0 Å². The second kappa shape index (κ2) is 8.15. The van der Waals surface area contributed by atoms with Gasteiger partial charge in [-0.05, 0) is 32.8 Å². The Kier molecular flexibility index (Phi) is 6.41. The van der Waals surface area contributed by atoms with Crippen LogP contribution >= 0.6 is 11.6 Å². The molecule has 7 heteroatoms. The van der Waals surface area contributed by atoms with Crippen LogP contribution in [0.1, 0.15) is 50.5 Å². The number of halogens is 2. The maximum absolute atomic E-state index is 13.8. The molecule has 1 unspecified atom stereocenters. The van der Waals surface area contributed by atoms with Gasteiger partial charge in [-0.3, -0.25) is 4.79 Å². The average Bonchev–Trinajstić information content (AvgIpc) is 2.56. The van der Waals surface area contributed by atoms with E-state index < -0.39 is 28.7 Å². The minimum Gasteiger partial charge on any atom is -0.478 e. The van der Waals surface area contributed by atoms with Crippen molar-refractivity contribution < 1.29 is 28.6 Å². The number of carboxylic acid groups (broad SMARTS) is 1. The van der Waals surface area contributed by atoms with E-state index in [-0.39, 0.29) is 30.6 Å². The first kappa shape index (κ1) is 19.7. The molecule has 1 aromatic carbocycles. The number of aliphatic carboxylic acids is 1. The van der Waals surface area contributed by atoms with E-state index in [9.17, 15) is 19.1 Å². The van der Waals surface area contributed by atoms with Crippen molar-refractivity contribution in [1.29, 1.82) is 0 Å². The molecule has 0 saturated heterocycles. The van der Waals surface area contributed by atoms with Crippen molar-refractivity contribution in [2.75, 3.05) is 0 Å². The van der Waals surface area contributed by atoms with E-state index in [1.807, 2.05) is 13.8 Å². The number of hydrogen-bond donors (Lipinski definition) is 1. The molecular weight excluding hydrogens is 351 g/mol. The van der Waals surface area contributed by atoms with E-state index in [2.05, 4.69) is 0 Å². The van der Waals surface area contributed by atoms with Crippen molar-refractivity contribution in [2.45, 2.75) is 62.7 Å². The van der Waals surface area contributed by atoms with Crippen LogP contribution in [0.15, 0.2) is 24.3 Å². The molecule has 1 atom stereocenters. The first-order valence-electron chi connectivity index (χ1n) is 8.25. The zero-order valence-electron chi connectivity index (χ0n) is 14.2. The summed E-state index contributed by atoms with van der Waals surface area (Å²) in [6, 6.07) is 5.57. The third-order valence-corrected chi connectivity index (χ3v) is 4.69. The molecule has 0 aromatic heterocycles. The van der Waals surface area contributed by atoms with Gasteiger partial charge in [-0.15, -0.1) is 11.6 Å². The van der Waals surface area contributed by atoms with Crippen LogP contribution in [0.4, 0.5) is 4.39 Å². The van der Waals surface area contributed by atoms with Gasteiger partial charge in [-0.1, -0.05) is 18.2 Å². The molecule has 0 radical (unpaired) electrons. The predicted molar refractivity (Wildman–Crippen MR) is 89.9 cm³/mol. The normalized spacial score (nSPS) is 24.8. The molecule has 0 aliphatic heterocycles. The Labute approximate surface area is 151 Å². The zero-order chi connectivity index (χ0) is 18.6. The minimum absolute atomic E-state index is 0.0356. The third-order valence-electron chi connectivity index (χ3n) is 4.28. The molecule has 5 nitrogen and oxygen atoms in total. The number of ether oxygens (including phenoxy) is 2. The Morgan fingerprint density at radius 2 is 1.88 bits per heavy atom. The Morgan fingerprint density at radius 1 is 1.28 bits per heavy atom. The third kappa shape index (κ3) is 4.70. The molecule has 1 aromatic rings. The molecule has 138 valence electrons.